The van der Waals surface area contributed by atoms with Crippen LogP contribution < -0.4 is 5.32 Å². The predicted molar refractivity (Wildman–Crippen MR) is 120 cm³/mol. The average molecular weight is 425 g/mol. The number of H-pyrrole nitrogens is 1. The summed E-state index contributed by atoms with van der Waals surface area (Å²) in [6.07, 6.45) is 0.872. The summed E-state index contributed by atoms with van der Waals surface area (Å²) in [5.74, 6) is -0.0496. The maximum atomic E-state index is 12.9. The summed E-state index contributed by atoms with van der Waals surface area (Å²) >= 11 is 6.03. The van der Waals surface area contributed by atoms with Crippen molar-refractivity contribution >= 4 is 40.0 Å². The lowest BCUT2D eigenvalue weighted by Gasteiger charge is -2.34. The summed E-state index contributed by atoms with van der Waals surface area (Å²) in [6.45, 7) is 4.91. The molecule has 1 aliphatic heterocycles. The number of nitrogens with one attached hydrogen (secondary N) is 2. The molecule has 2 heterocycles. The first kappa shape index (κ1) is 20.4. The molecule has 2 aromatic carbocycles. The van der Waals surface area contributed by atoms with Gasteiger partial charge in [0.1, 0.15) is 5.69 Å². The van der Waals surface area contributed by atoms with Gasteiger partial charge < -0.3 is 15.2 Å². The Kier molecular flexibility index (Phi) is 6.06. The van der Waals surface area contributed by atoms with Crippen LogP contribution in [0.5, 0.6) is 0 Å². The first-order valence-electron chi connectivity index (χ1n) is 10.2. The van der Waals surface area contributed by atoms with Crippen LogP contribution in [0.25, 0.3) is 10.9 Å². The molecule has 0 spiro atoms. The molecule has 1 fully saturated rings. The maximum absolute atomic E-state index is 12.9. The number of hydrogen-bond donors (Lipinski definition) is 2. The minimum absolute atomic E-state index is 0.0247. The number of carbonyl (C=O) groups excluding carboxylic acids is 2. The quantitative estimate of drug-likeness (QED) is 0.655. The minimum Gasteiger partial charge on any atom is -0.351 e. The van der Waals surface area contributed by atoms with Crippen molar-refractivity contribution in [2.24, 2.45) is 0 Å². The monoisotopic (exact) mass is 424 g/mol. The smallest absolute Gasteiger partial charge is 0.270 e. The normalized spacial score (nSPS) is 14.8. The number of piperazine rings is 1. The lowest BCUT2D eigenvalue weighted by Crippen LogP contribution is -2.50. The number of nitrogens with zero attached hydrogens (tertiary/aromatic N) is 2. The first-order valence-corrected chi connectivity index (χ1v) is 10.6. The number of amides is 2. The number of halogens is 1. The van der Waals surface area contributed by atoms with Crippen LogP contribution in [-0.4, -0.2) is 59.3 Å². The molecule has 30 heavy (non-hydrogen) atoms. The Morgan fingerprint density at radius 3 is 2.60 bits per heavy atom. The molecule has 0 unspecified atom stereocenters. The largest absolute Gasteiger partial charge is 0.351 e. The van der Waals surface area contributed by atoms with E-state index in [0.717, 1.165) is 28.6 Å². The van der Waals surface area contributed by atoms with Crippen LogP contribution in [0.3, 0.4) is 0 Å². The van der Waals surface area contributed by atoms with Crippen molar-refractivity contribution in [2.45, 2.75) is 13.3 Å². The Balaban J connectivity index is 1.31. The Morgan fingerprint density at radius 2 is 1.83 bits per heavy atom. The van der Waals surface area contributed by atoms with Crippen molar-refractivity contribution in [1.82, 2.24) is 14.8 Å². The maximum Gasteiger partial charge on any atom is 0.270 e. The second kappa shape index (κ2) is 8.90. The molecule has 7 heteroatoms. The van der Waals surface area contributed by atoms with Crippen LogP contribution in [0.2, 0.25) is 5.02 Å². The second-order valence-electron chi connectivity index (χ2n) is 7.54. The van der Waals surface area contributed by atoms with Gasteiger partial charge in [0, 0.05) is 47.8 Å². The molecule has 2 amide bonds. The fraction of sp³-hybridized carbons (Fsp3) is 0.304. The fourth-order valence-electron chi connectivity index (χ4n) is 3.84. The average Bonchev–Trinajstić information content (AvgIpc) is 3.17. The van der Waals surface area contributed by atoms with E-state index >= 15 is 0 Å². The van der Waals surface area contributed by atoms with Crippen molar-refractivity contribution < 1.29 is 9.59 Å². The van der Waals surface area contributed by atoms with Crippen LogP contribution >= 0.6 is 11.6 Å². The van der Waals surface area contributed by atoms with Crippen LogP contribution in [0, 0.1) is 0 Å². The summed E-state index contributed by atoms with van der Waals surface area (Å²) in [6, 6.07) is 15.2. The van der Waals surface area contributed by atoms with E-state index in [2.05, 4.69) is 22.1 Å². The zero-order chi connectivity index (χ0) is 21.1. The number of hydrogen-bond acceptors (Lipinski definition) is 3. The number of rotatable bonds is 5. The third-order valence-electron chi connectivity index (χ3n) is 5.51. The van der Waals surface area contributed by atoms with Crippen molar-refractivity contribution in [1.29, 1.82) is 0 Å². The number of carbonyl (C=O) groups is 2. The third kappa shape index (κ3) is 4.50. The lowest BCUT2D eigenvalue weighted by molar-refractivity contribution is -0.117. The van der Waals surface area contributed by atoms with E-state index in [0.29, 0.717) is 43.4 Å². The zero-order valence-electron chi connectivity index (χ0n) is 17.0. The number of aryl methyl sites for hydroxylation is 1. The molecule has 0 saturated carbocycles. The molecular formula is C23H25ClN4O2. The number of benzene rings is 2. The Morgan fingerprint density at radius 1 is 1.07 bits per heavy atom. The summed E-state index contributed by atoms with van der Waals surface area (Å²) in [7, 11) is 0. The van der Waals surface area contributed by atoms with Crippen molar-refractivity contribution in [2.75, 3.05) is 38.0 Å². The number of anilines is 1. The molecule has 6 nitrogen and oxygen atoms in total. The molecule has 2 N–H and O–H groups in total. The molecule has 4 rings (SSSR count). The highest BCUT2D eigenvalue weighted by Crippen LogP contribution is 2.21. The molecule has 156 valence electrons. The van der Waals surface area contributed by atoms with E-state index < -0.39 is 0 Å². The standard InChI is InChI=1S/C23H25ClN4O2/c1-2-16-5-3-4-6-19(16)26-22(29)15-27-9-11-28(12-10-27)23(30)21-14-17-13-18(24)7-8-20(17)25-21/h3-8,13-14,25H,2,9-12,15H2,1H3,(H,26,29). The van der Waals surface area contributed by atoms with Gasteiger partial charge in [-0.3, -0.25) is 14.5 Å². The summed E-state index contributed by atoms with van der Waals surface area (Å²) in [5.41, 5.74) is 3.46. The first-order chi connectivity index (χ1) is 14.5. The van der Waals surface area contributed by atoms with E-state index in [9.17, 15) is 9.59 Å². The van der Waals surface area contributed by atoms with E-state index in [1.165, 1.54) is 0 Å². The van der Waals surface area contributed by atoms with Crippen LogP contribution in [0.15, 0.2) is 48.5 Å². The van der Waals surface area contributed by atoms with Gasteiger partial charge in [-0.1, -0.05) is 36.7 Å². The van der Waals surface area contributed by atoms with E-state index in [1.807, 2.05) is 47.4 Å². The highest BCUT2D eigenvalue weighted by Gasteiger charge is 2.24. The van der Waals surface area contributed by atoms with E-state index in [4.69, 9.17) is 11.6 Å². The van der Waals surface area contributed by atoms with Crippen LogP contribution in [0.1, 0.15) is 23.0 Å². The SMILES string of the molecule is CCc1ccccc1NC(=O)CN1CCN(C(=O)c2cc3cc(Cl)ccc3[nH]2)CC1. The van der Waals surface area contributed by atoms with Crippen molar-refractivity contribution in [3.8, 4) is 0 Å². The lowest BCUT2D eigenvalue weighted by atomic mass is 10.1. The van der Waals surface area contributed by atoms with Gasteiger partial charge in [0.15, 0.2) is 0 Å². The van der Waals surface area contributed by atoms with Crippen molar-refractivity contribution in [3.05, 3.63) is 64.8 Å². The van der Waals surface area contributed by atoms with E-state index in [1.54, 1.807) is 6.07 Å². The van der Waals surface area contributed by atoms with Gasteiger partial charge in [0.25, 0.3) is 5.91 Å². The van der Waals surface area contributed by atoms with Gasteiger partial charge in [-0.15, -0.1) is 0 Å². The van der Waals surface area contributed by atoms with Gasteiger partial charge >= 0.3 is 0 Å². The molecular weight excluding hydrogens is 400 g/mol. The van der Waals surface area contributed by atoms with Gasteiger partial charge in [-0.05, 0) is 42.3 Å². The summed E-state index contributed by atoms with van der Waals surface area (Å²) in [5, 5.41) is 4.58. The Bertz CT molecular complexity index is 1070. The van der Waals surface area contributed by atoms with Gasteiger partial charge in [-0.2, -0.15) is 0 Å². The molecule has 1 aromatic heterocycles. The molecule has 1 aliphatic rings. The Labute approximate surface area is 180 Å². The fourth-order valence-corrected chi connectivity index (χ4v) is 4.02. The Hall–Kier alpha value is -2.83. The number of aromatic nitrogens is 1. The third-order valence-corrected chi connectivity index (χ3v) is 5.75. The predicted octanol–water partition coefficient (Wildman–Crippen LogP) is 3.78. The molecule has 0 atom stereocenters. The highest BCUT2D eigenvalue weighted by atomic mass is 35.5. The molecule has 0 aliphatic carbocycles. The van der Waals surface area contributed by atoms with Gasteiger partial charge in [0.2, 0.25) is 5.91 Å². The van der Waals surface area contributed by atoms with Crippen molar-refractivity contribution in [3.63, 3.8) is 0 Å². The topological polar surface area (TPSA) is 68.4 Å². The zero-order valence-corrected chi connectivity index (χ0v) is 17.7. The second-order valence-corrected chi connectivity index (χ2v) is 7.98. The van der Waals surface area contributed by atoms with Gasteiger partial charge in [0.05, 0.1) is 6.54 Å². The number of fused-ring (bicyclic) bond motifs is 1. The molecule has 0 bridgehead atoms. The molecule has 1 saturated heterocycles. The number of para-hydroxylation sites is 1. The van der Waals surface area contributed by atoms with E-state index in [-0.39, 0.29) is 11.8 Å². The molecule has 0 radical (unpaired) electrons. The highest BCUT2D eigenvalue weighted by molar-refractivity contribution is 6.31. The van der Waals surface area contributed by atoms with Gasteiger partial charge in [-0.25, -0.2) is 0 Å². The minimum atomic E-state index is -0.0248. The number of aromatic amines is 1. The van der Waals surface area contributed by atoms with Crippen LogP contribution in [-0.2, 0) is 11.2 Å². The summed E-state index contributed by atoms with van der Waals surface area (Å²) in [4.78, 5) is 32.4. The van der Waals surface area contributed by atoms with Crippen LogP contribution in [0.4, 0.5) is 5.69 Å². The summed E-state index contributed by atoms with van der Waals surface area (Å²) < 4.78 is 0. The molecule has 3 aromatic rings.